The van der Waals surface area contributed by atoms with E-state index in [0.29, 0.717) is 34.7 Å². The number of nitrogens with one attached hydrogen (secondary N) is 1. The summed E-state index contributed by atoms with van der Waals surface area (Å²) in [6, 6.07) is 5.76. The number of ether oxygens (including phenoxy) is 3. The fraction of sp³-hybridized carbons (Fsp3) is 0.364. The Morgan fingerprint density at radius 1 is 1.19 bits per heavy atom. The summed E-state index contributed by atoms with van der Waals surface area (Å²) in [6.45, 7) is 4.89. The summed E-state index contributed by atoms with van der Waals surface area (Å²) < 4.78 is 31.1. The van der Waals surface area contributed by atoms with Gasteiger partial charge in [0.05, 0.1) is 55.0 Å². The Morgan fingerprint density at radius 2 is 2.00 bits per heavy atom. The van der Waals surface area contributed by atoms with Crippen LogP contribution in [0.15, 0.2) is 30.5 Å². The molecule has 0 amide bonds. The van der Waals surface area contributed by atoms with Crippen LogP contribution in [0.4, 0.5) is 15.8 Å². The maximum Gasteiger partial charge on any atom is 0.163 e. The fourth-order valence-electron chi connectivity index (χ4n) is 3.51. The summed E-state index contributed by atoms with van der Waals surface area (Å²) in [4.78, 5) is 2.35. The van der Waals surface area contributed by atoms with E-state index in [1.807, 2.05) is 0 Å². The number of phenolic OH excluding ortho intramolecular Hbond substituents is 1. The molecule has 0 radical (unpaired) electrons. The van der Waals surface area contributed by atoms with E-state index >= 15 is 0 Å². The number of hydrogen-bond acceptors (Lipinski definition) is 8. The van der Waals surface area contributed by atoms with E-state index in [0.717, 1.165) is 45.3 Å². The molecular formula is C22H24ClFN4O4. The van der Waals surface area contributed by atoms with Crippen LogP contribution in [0.25, 0.3) is 10.9 Å². The van der Waals surface area contributed by atoms with Crippen LogP contribution in [-0.4, -0.2) is 66.8 Å². The molecule has 0 spiro atoms. The molecule has 1 aliphatic rings. The van der Waals surface area contributed by atoms with Crippen molar-refractivity contribution in [3.63, 3.8) is 0 Å². The van der Waals surface area contributed by atoms with Gasteiger partial charge in [-0.05, 0) is 18.6 Å². The van der Waals surface area contributed by atoms with Gasteiger partial charge in [-0.25, -0.2) is 4.39 Å². The van der Waals surface area contributed by atoms with E-state index in [4.69, 9.17) is 25.8 Å². The first-order valence-electron chi connectivity index (χ1n) is 10.3. The van der Waals surface area contributed by atoms with Crippen molar-refractivity contribution < 1.29 is 23.7 Å². The standard InChI is InChI=1S/C22H24ClFN4O4/c1-30-21-9-14-17(12-22(21)32-6-2-3-28-4-7-31-8-5-28)27-25-13-19(14)26-18-11-20(29)15(23)10-16(18)24/h9-13,29H,2-8H2,1H3,(H,26,27). The average Bonchev–Trinajstić information content (AvgIpc) is 2.80. The molecule has 0 aliphatic carbocycles. The predicted octanol–water partition coefficient (Wildman–Crippen LogP) is 3.98. The van der Waals surface area contributed by atoms with Gasteiger partial charge in [0.15, 0.2) is 11.5 Å². The van der Waals surface area contributed by atoms with Crippen LogP contribution < -0.4 is 14.8 Å². The second-order valence-corrected chi connectivity index (χ2v) is 7.75. The molecule has 170 valence electrons. The van der Waals surface area contributed by atoms with Gasteiger partial charge in [0.25, 0.3) is 0 Å². The van der Waals surface area contributed by atoms with E-state index < -0.39 is 5.82 Å². The lowest BCUT2D eigenvalue weighted by Gasteiger charge is -2.26. The monoisotopic (exact) mass is 462 g/mol. The topological polar surface area (TPSA) is 89.0 Å². The summed E-state index contributed by atoms with van der Waals surface area (Å²) in [5, 5.41) is 21.5. The van der Waals surface area contributed by atoms with E-state index in [-0.39, 0.29) is 16.5 Å². The number of anilines is 2. The molecule has 1 fully saturated rings. The van der Waals surface area contributed by atoms with Crippen molar-refractivity contribution in [1.29, 1.82) is 0 Å². The molecule has 2 heterocycles. The smallest absolute Gasteiger partial charge is 0.163 e. The van der Waals surface area contributed by atoms with E-state index in [1.165, 1.54) is 12.3 Å². The molecule has 0 bridgehead atoms. The van der Waals surface area contributed by atoms with E-state index in [9.17, 15) is 9.50 Å². The SMILES string of the molecule is COc1cc2c(Nc3cc(O)c(Cl)cc3F)cnnc2cc1OCCCN1CCOCC1. The van der Waals surface area contributed by atoms with Crippen molar-refractivity contribution in [3.8, 4) is 17.2 Å². The number of phenols is 1. The van der Waals surface area contributed by atoms with Crippen LogP contribution in [-0.2, 0) is 4.74 Å². The van der Waals surface area contributed by atoms with Gasteiger partial charge >= 0.3 is 0 Å². The van der Waals surface area contributed by atoms with E-state index in [2.05, 4.69) is 20.4 Å². The van der Waals surface area contributed by atoms with Crippen LogP contribution in [0, 0.1) is 5.82 Å². The summed E-state index contributed by atoms with van der Waals surface area (Å²) in [7, 11) is 1.56. The van der Waals surface area contributed by atoms with Crippen molar-refractivity contribution in [2.75, 3.05) is 51.9 Å². The first kappa shape index (κ1) is 22.3. The molecule has 1 aromatic heterocycles. The minimum absolute atomic E-state index is 0.0589. The Kier molecular flexibility index (Phi) is 7.09. The maximum atomic E-state index is 14.3. The Balaban J connectivity index is 1.51. The Hall–Kier alpha value is -2.88. The number of hydrogen-bond donors (Lipinski definition) is 2. The number of halogens is 2. The molecular weight excluding hydrogens is 439 g/mol. The van der Waals surface area contributed by atoms with Gasteiger partial charge in [-0.3, -0.25) is 4.90 Å². The van der Waals surface area contributed by atoms with Crippen LogP contribution in [0.1, 0.15) is 6.42 Å². The molecule has 4 rings (SSSR count). The zero-order valence-corrected chi connectivity index (χ0v) is 18.4. The van der Waals surface area contributed by atoms with Crippen molar-refractivity contribution in [3.05, 3.63) is 41.3 Å². The summed E-state index contributed by atoms with van der Waals surface area (Å²) in [5.41, 5.74) is 1.11. The largest absolute Gasteiger partial charge is 0.506 e. The molecule has 0 unspecified atom stereocenters. The lowest BCUT2D eigenvalue weighted by molar-refractivity contribution is 0.0357. The quantitative estimate of drug-likeness (QED) is 0.486. The lowest BCUT2D eigenvalue weighted by atomic mass is 10.1. The highest BCUT2D eigenvalue weighted by molar-refractivity contribution is 6.32. The molecule has 2 N–H and O–H groups in total. The lowest BCUT2D eigenvalue weighted by Crippen LogP contribution is -2.37. The second-order valence-electron chi connectivity index (χ2n) is 7.34. The van der Waals surface area contributed by atoms with Gasteiger partial charge in [0.2, 0.25) is 0 Å². The Labute approximate surface area is 189 Å². The minimum Gasteiger partial charge on any atom is -0.506 e. The number of methoxy groups -OCH3 is 1. The third-order valence-corrected chi connectivity index (χ3v) is 5.51. The number of nitrogens with zero attached hydrogens (tertiary/aromatic N) is 3. The number of aromatic nitrogens is 2. The highest BCUT2D eigenvalue weighted by Gasteiger charge is 2.15. The Morgan fingerprint density at radius 3 is 2.78 bits per heavy atom. The molecule has 3 aromatic rings. The maximum absolute atomic E-state index is 14.3. The highest BCUT2D eigenvalue weighted by atomic mass is 35.5. The predicted molar refractivity (Wildman–Crippen MR) is 120 cm³/mol. The van der Waals surface area contributed by atoms with Crippen LogP contribution in [0.5, 0.6) is 17.2 Å². The third-order valence-electron chi connectivity index (χ3n) is 5.21. The number of rotatable bonds is 8. The fourth-order valence-corrected chi connectivity index (χ4v) is 3.66. The zero-order valence-electron chi connectivity index (χ0n) is 17.6. The minimum atomic E-state index is -0.607. The van der Waals surface area contributed by atoms with Crippen LogP contribution >= 0.6 is 11.6 Å². The van der Waals surface area contributed by atoms with Gasteiger partial charge < -0.3 is 24.6 Å². The molecule has 0 atom stereocenters. The van der Waals surface area contributed by atoms with Gasteiger partial charge in [-0.15, -0.1) is 0 Å². The van der Waals surface area contributed by atoms with Crippen LogP contribution in [0.3, 0.4) is 0 Å². The normalized spacial score (nSPS) is 14.5. The molecule has 10 heteroatoms. The van der Waals surface area contributed by atoms with Crippen molar-refractivity contribution in [1.82, 2.24) is 15.1 Å². The summed E-state index contributed by atoms with van der Waals surface area (Å²) in [6.07, 6.45) is 2.34. The molecule has 0 saturated carbocycles. The Bertz CT molecular complexity index is 1100. The molecule has 1 aliphatic heterocycles. The molecule has 32 heavy (non-hydrogen) atoms. The first-order chi connectivity index (χ1) is 15.5. The molecule has 2 aromatic carbocycles. The number of morpholine rings is 1. The zero-order chi connectivity index (χ0) is 22.5. The van der Waals surface area contributed by atoms with Crippen molar-refractivity contribution >= 4 is 33.9 Å². The van der Waals surface area contributed by atoms with Gasteiger partial charge in [0, 0.05) is 37.2 Å². The first-order valence-corrected chi connectivity index (χ1v) is 10.6. The number of aromatic hydroxyl groups is 1. The third kappa shape index (κ3) is 5.12. The molecule has 8 nitrogen and oxygen atoms in total. The number of benzene rings is 2. The van der Waals surface area contributed by atoms with Gasteiger partial charge in [-0.2, -0.15) is 10.2 Å². The van der Waals surface area contributed by atoms with Crippen molar-refractivity contribution in [2.45, 2.75) is 6.42 Å². The van der Waals surface area contributed by atoms with Crippen LogP contribution in [0.2, 0.25) is 5.02 Å². The summed E-state index contributed by atoms with van der Waals surface area (Å²) in [5.74, 6) is 0.250. The van der Waals surface area contributed by atoms with E-state index in [1.54, 1.807) is 19.2 Å². The summed E-state index contributed by atoms with van der Waals surface area (Å²) >= 11 is 5.76. The van der Waals surface area contributed by atoms with Gasteiger partial charge in [-0.1, -0.05) is 11.6 Å². The molecule has 1 saturated heterocycles. The van der Waals surface area contributed by atoms with Crippen molar-refractivity contribution in [2.24, 2.45) is 0 Å². The number of fused-ring (bicyclic) bond motifs is 1. The second kappa shape index (κ2) is 10.2. The highest BCUT2D eigenvalue weighted by Crippen LogP contribution is 2.37. The van der Waals surface area contributed by atoms with Gasteiger partial charge in [0.1, 0.15) is 11.6 Å². The average molecular weight is 463 g/mol.